The summed E-state index contributed by atoms with van der Waals surface area (Å²) in [5.74, 6) is 0. The molecule has 0 aromatic carbocycles. The standard InChI is InChI=1S/C12H16N2O2/c15-10-11-3-4-12(16)14(9-11)8-7-13-5-1-2-6-13/h3-4,9-10H,1-2,5-8H2. The van der Waals surface area contributed by atoms with Crippen molar-refractivity contribution in [2.75, 3.05) is 19.6 Å². The molecule has 1 saturated heterocycles. The molecule has 0 radical (unpaired) electrons. The van der Waals surface area contributed by atoms with Gasteiger partial charge in [0.2, 0.25) is 0 Å². The van der Waals surface area contributed by atoms with Crippen molar-refractivity contribution >= 4 is 6.29 Å². The largest absolute Gasteiger partial charge is 0.314 e. The predicted molar refractivity (Wildman–Crippen MR) is 61.8 cm³/mol. The van der Waals surface area contributed by atoms with Gasteiger partial charge in [-0.1, -0.05) is 0 Å². The highest BCUT2D eigenvalue weighted by atomic mass is 16.1. The van der Waals surface area contributed by atoms with E-state index in [0.717, 1.165) is 25.9 Å². The first-order chi connectivity index (χ1) is 7.79. The van der Waals surface area contributed by atoms with Gasteiger partial charge < -0.3 is 9.47 Å². The second kappa shape index (κ2) is 5.07. The molecule has 2 heterocycles. The van der Waals surface area contributed by atoms with Crippen LogP contribution < -0.4 is 5.56 Å². The van der Waals surface area contributed by atoms with E-state index < -0.39 is 0 Å². The van der Waals surface area contributed by atoms with Gasteiger partial charge in [0.1, 0.15) is 0 Å². The average Bonchev–Trinajstić information content (AvgIpc) is 2.81. The Morgan fingerprint density at radius 2 is 1.94 bits per heavy atom. The topological polar surface area (TPSA) is 42.3 Å². The number of hydrogen-bond donors (Lipinski definition) is 0. The number of rotatable bonds is 4. The molecule has 1 fully saturated rings. The maximum atomic E-state index is 11.5. The van der Waals surface area contributed by atoms with Crippen LogP contribution in [0.3, 0.4) is 0 Å². The normalized spacial score (nSPS) is 16.5. The highest BCUT2D eigenvalue weighted by molar-refractivity contribution is 5.73. The van der Waals surface area contributed by atoms with Crippen molar-refractivity contribution in [3.05, 3.63) is 34.2 Å². The van der Waals surface area contributed by atoms with Crippen LogP contribution in [-0.2, 0) is 6.54 Å². The number of aldehydes is 1. The van der Waals surface area contributed by atoms with Gasteiger partial charge >= 0.3 is 0 Å². The molecular formula is C12H16N2O2. The Morgan fingerprint density at radius 1 is 1.19 bits per heavy atom. The van der Waals surface area contributed by atoms with E-state index in [-0.39, 0.29) is 5.56 Å². The number of carbonyl (C=O) groups excluding carboxylic acids is 1. The van der Waals surface area contributed by atoms with E-state index in [4.69, 9.17) is 0 Å². The van der Waals surface area contributed by atoms with E-state index in [0.29, 0.717) is 12.1 Å². The van der Waals surface area contributed by atoms with Gasteiger partial charge in [-0.3, -0.25) is 9.59 Å². The molecule has 0 amide bonds. The molecule has 0 aliphatic carbocycles. The number of aromatic nitrogens is 1. The maximum Gasteiger partial charge on any atom is 0.250 e. The van der Waals surface area contributed by atoms with Crippen LogP contribution in [0.1, 0.15) is 23.2 Å². The van der Waals surface area contributed by atoms with Crippen molar-refractivity contribution in [3.8, 4) is 0 Å². The van der Waals surface area contributed by atoms with E-state index in [1.807, 2.05) is 0 Å². The lowest BCUT2D eigenvalue weighted by molar-refractivity contribution is 0.112. The lowest BCUT2D eigenvalue weighted by atomic mass is 10.3. The number of pyridine rings is 1. The quantitative estimate of drug-likeness (QED) is 0.703. The van der Waals surface area contributed by atoms with Gasteiger partial charge in [0.05, 0.1) is 0 Å². The van der Waals surface area contributed by atoms with Gasteiger partial charge in [-0.05, 0) is 32.0 Å². The summed E-state index contributed by atoms with van der Waals surface area (Å²) in [5.41, 5.74) is 0.519. The Balaban J connectivity index is 2.02. The minimum Gasteiger partial charge on any atom is -0.314 e. The predicted octanol–water partition coefficient (Wildman–Crippen LogP) is 0.757. The summed E-state index contributed by atoms with van der Waals surface area (Å²) in [6.45, 7) is 3.81. The summed E-state index contributed by atoms with van der Waals surface area (Å²) >= 11 is 0. The smallest absolute Gasteiger partial charge is 0.250 e. The van der Waals surface area contributed by atoms with Crippen molar-refractivity contribution in [2.45, 2.75) is 19.4 Å². The van der Waals surface area contributed by atoms with Crippen LogP contribution in [0.5, 0.6) is 0 Å². The molecular weight excluding hydrogens is 204 g/mol. The molecule has 16 heavy (non-hydrogen) atoms. The summed E-state index contributed by atoms with van der Waals surface area (Å²) in [4.78, 5) is 24.5. The minimum absolute atomic E-state index is 0.0372. The van der Waals surface area contributed by atoms with E-state index >= 15 is 0 Å². The Labute approximate surface area is 94.5 Å². The highest BCUT2D eigenvalue weighted by Crippen LogP contribution is 2.06. The fraction of sp³-hybridized carbons (Fsp3) is 0.500. The molecule has 0 saturated carbocycles. The first-order valence-corrected chi connectivity index (χ1v) is 5.67. The summed E-state index contributed by atoms with van der Waals surface area (Å²) in [5, 5.41) is 0. The zero-order valence-electron chi connectivity index (χ0n) is 9.26. The zero-order chi connectivity index (χ0) is 11.4. The van der Waals surface area contributed by atoms with E-state index in [1.54, 1.807) is 16.8 Å². The molecule has 1 aliphatic heterocycles. The lowest BCUT2D eigenvalue weighted by Crippen LogP contribution is -2.28. The zero-order valence-corrected chi connectivity index (χ0v) is 9.26. The van der Waals surface area contributed by atoms with Gasteiger partial charge in [0, 0.05) is 30.9 Å². The number of likely N-dealkylation sites (tertiary alicyclic amines) is 1. The van der Waals surface area contributed by atoms with Crippen LogP contribution in [0.2, 0.25) is 0 Å². The van der Waals surface area contributed by atoms with E-state index in [1.165, 1.54) is 18.9 Å². The molecule has 0 unspecified atom stereocenters. The average molecular weight is 220 g/mol. The second-order valence-electron chi connectivity index (χ2n) is 4.16. The van der Waals surface area contributed by atoms with Crippen LogP contribution in [0, 0.1) is 0 Å². The SMILES string of the molecule is O=Cc1ccc(=O)n(CCN2CCCC2)c1. The van der Waals surface area contributed by atoms with Crippen LogP contribution >= 0.6 is 0 Å². The van der Waals surface area contributed by atoms with Crippen molar-refractivity contribution < 1.29 is 4.79 Å². The van der Waals surface area contributed by atoms with Crippen molar-refractivity contribution in [2.24, 2.45) is 0 Å². The molecule has 0 spiro atoms. The van der Waals surface area contributed by atoms with Crippen LogP contribution in [0.25, 0.3) is 0 Å². The maximum absolute atomic E-state index is 11.5. The molecule has 4 heteroatoms. The molecule has 1 aromatic heterocycles. The Hall–Kier alpha value is -1.42. The molecule has 1 aliphatic rings. The third-order valence-electron chi connectivity index (χ3n) is 3.00. The fourth-order valence-electron chi connectivity index (χ4n) is 2.05. The third-order valence-corrected chi connectivity index (χ3v) is 3.00. The van der Waals surface area contributed by atoms with Crippen LogP contribution in [0.15, 0.2) is 23.1 Å². The van der Waals surface area contributed by atoms with Crippen LogP contribution in [0.4, 0.5) is 0 Å². The molecule has 0 bridgehead atoms. The van der Waals surface area contributed by atoms with Crippen LogP contribution in [-0.4, -0.2) is 35.4 Å². The molecule has 2 rings (SSSR count). The summed E-state index contributed by atoms with van der Waals surface area (Å²) < 4.78 is 1.61. The molecule has 4 nitrogen and oxygen atoms in total. The molecule has 86 valence electrons. The number of carbonyl (C=O) groups is 1. The Morgan fingerprint density at radius 3 is 2.62 bits per heavy atom. The van der Waals surface area contributed by atoms with Gasteiger partial charge in [-0.25, -0.2) is 0 Å². The fourth-order valence-corrected chi connectivity index (χ4v) is 2.05. The monoisotopic (exact) mass is 220 g/mol. The summed E-state index contributed by atoms with van der Waals surface area (Å²) in [7, 11) is 0. The number of hydrogen-bond acceptors (Lipinski definition) is 3. The summed E-state index contributed by atoms with van der Waals surface area (Å²) in [6.07, 6.45) is 4.91. The first kappa shape index (κ1) is 11.1. The highest BCUT2D eigenvalue weighted by Gasteiger charge is 2.10. The molecule has 1 aromatic rings. The third kappa shape index (κ3) is 2.58. The van der Waals surface area contributed by atoms with E-state index in [2.05, 4.69) is 4.90 Å². The minimum atomic E-state index is -0.0372. The Bertz CT molecular complexity index is 419. The number of nitrogens with zero attached hydrogens (tertiary/aromatic N) is 2. The van der Waals surface area contributed by atoms with Gasteiger partial charge in [0.25, 0.3) is 5.56 Å². The summed E-state index contributed by atoms with van der Waals surface area (Å²) in [6, 6.07) is 3.01. The van der Waals surface area contributed by atoms with Gasteiger partial charge in [0.15, 0.2) is 6.29 Å². The Kier molecular flexibility index (Phi) is 3.51. The van der Waals surface area contributed by atoms with Crippen molar-refractivity contribution in [1.29, 1.82) is 0 Å². The second-order valence-corrected chi connectivity index (χ2v) is 4.16. The lowest BCUT2D eigenvalue weighted by Gasteiger charge is -2.15. The van der Waals surface area contributed by atoms with E-state index in [9.17, 15) is 9.59 Å². The van der Waals surface area contributed by atoms with Crippen molar-refractivity contribution in [1.82, 2.24) is 9.47 Å². The van der Waals surface area contributed by atoms with Gasteiger partial charge in [-0.15, -0.1) is 0 Å². The van der Waals surface area contributed by atoms with Crippen molar-refractivity contribution in [3.63, 3.8) is 0 Å². The first-order valence-electron chi connectivity index (χ1n) is 5.67. The molecule has 0 N–H and O–H groups in total. The molecule has 0 atom stereocenters. The van der Waals surface area contributed by atoms with Gasteiger partial charge in [-0.2, -0.15) is 0 Å².